The van der Waals surface area contributed by atoms with Crippen LogP contribution in [0, 0.1) is 0 Å². The first-order valence-electron chi connectivity index (χ1n) is 10.8. The number of nitrogens with one attached hydrogen (secondary N) is 2. The van der Waals surface area contributed by atoms with Crippen LogP contribution in [0.3, 0.4) is 0 Å². The number of para-hydroxylation sites is 2. The number of amides is 2. The third-order valence-corrected chi connectivity index (χ3v) is 5.49. The molecule has 0 fully saturated rings. The first-order chi connectivity index (χ1) is 16.0. The smallest absolute Gasteiger partial charge is 0.275 e. The number of ether oxygens (including phenoxy) is 1. The Hall–Kier alpha value is -4.13. The molecule has 4 rings (SSSR count). The lowest BCUT2D eigenvalue weighted by Gasteiger charge is -2.08. The fourth-order valence-electron chi connectivity index (χ4n) is 3.99. The van der Waals surface area contributed by atoms with E-state index >= 15 is 0 Å². The van der Waals surface area contributed by atoms with E-state index in [1.165, 1.54) is 12.6 Å². The van der Waals surface area contributed by atoms with Crippen LogP contribution >= 0.6 is 0 Å². The number of fused-ring (bicyclic) bond motifs is 3. The third-order valence-electron chi connectivity index (χ3n) is 5.49. The summed E-state index contributed by atoms with van der Waals surface area (Å²) in [5.41, 5.74) is 6.37. The maximum absolute atomic E-state index is 12.6. The number of aromatic nitrogens is 1. The topological polar surface area (TPSA) is 84.7 Å². The van der Waals surface area contributed by atoms with Crippen LogP contribution in [0.1, 0.15) is 30.6 Å². The minimum atomic E-state index is -0.398. The van der Waals surface area contributed by atoms with Gasteiger partial charge in [0.15, 0.2) is 0 Å². The van der Waals surface area contributed by atoms with Gasteiger partial charge in [0, 0.05) is 39.7 Å². The number of hydrazone groups is 1. The molecule has 0 saturated carbocycles. The summed E-state index contributed by atoms with van der Waals surface area (Å²) in [6.45, 7) is 4.68. The van der Waals surface area contributed by atoms with Crippen LogP contribution in [0.15, 0.2) is 71.8 Å². The summed E-state index contributed by atoms with van der Waals surface area (Å²) >= 11 is 0. The number of hydrogen-bond acceptors (Lipinski definition) is 4. The lowest BCUT2D eigenvalue weighted by Crippen LogP contribution is -2.22. The fraction of sp³-hybridized carbons (Fsp3) is 0.192. The normalized spacial score (nSPS) is 11.5. The summed E-state index contributed by atoms with van der Waals surface area (Å²) in [7, 11) is 1.50. The zero-order chi connectivity index (χ0) is 23.4. The molecule has 3 aromatic carbocycles. The Kier molecular flexibility index (Phi) is 6.40. The predicted octanol–water partition coefficient (Wildman–Crippen LogP) is 4.96. The van der Waals surface area contributed by atoms with E-state index in [0.717, 1.165) is 28.5 Å². The standard InChI is InChI=1S/C26H26N4O3/c1-4-30-22-11-7-5-9-19(22)21-16-18(13-14-23(21)30)27-25(31)15-17(2)28-29-26(32)20-10-6-8-12-24(20)33-3/h5-14,16H,4,15H2,1-3H3,(H,27,31)(H,29,32)/b28-17+. The van der Waals surface area contributed by atoms with Gasteiger partial charge in [-0.05, 0) is 50.2 Å². The minimum Gasteiger partial charge on any atom is -0.496 e. The molecule has 2 N–H and O–H groups in total. The van der Waals surface area contributed by atoms with Crippen molar-refractivity contribution >= 4 is 45.0 Å². The van der Waals surface area contributed by atoms with Crippen LogP contribution in [-0.4, -0.2) is 29.2 Å². The Balaban J connectivity index is 1.45. The van der Waals surface area contributed by atoms with Crippen molar-refractivity contribution in [2.75, 3.05) is 12.4 Å². The quantitative estimate of drug-likeness (QED) is 0.313. The first kappa shape index (κ1) is 22.1. The Morgan fingerprint density at radius 2 is 1.70 bits per heavy atom. The maximum atomic E-state index is 12.6. The second-order valence-corrected chi connectivity index (χ2v) is 7.71. The molecule has 7 nitrogen and oxygen atoms in total. The molecule has 0 aliphatic rings. The molecule has 4 aromatic rings. The predicted molar refractivity (Wildman–Crippen MR) is 132 cm³/mol. The molecular formula is C26H26N4O3. The second kappa shape index (κ2) is 9.56. The highest BCUT2D eigenvalue weighted by molar-refractivity contribution is 6.11. The van der Waals surface area contributed by atoms with Gasteiger partial charge < -0.3 is 14.6 Å². The van der Waals surface area contributed by atoms with Crippen molar-refractivity contribution in [3.63, 3.8) is 0 Å². The molecule has 0 aliphatic heterocycles. The summed E-state index contributed by atoms with van der Waals surface area (Å²) < 4.78 is 7.46. The number of rotatable bonds is 7. The molecule has 0 unspecified atom stereocenters. The third kappa shape index (κ3) is 4.57. The van der Waals surface area contributed by atoms with Crippen molar-refractivity contribution in [1.82, 2.24) is 9.99 Å². The van der Waals surface area contributed by atoms with E-state index in [4.69, 9.17) is 4.74 Å². The lowest BCUT2D eigenvalue weighted by molar-refractivity contribution is -0.115. The van der Waals surface area contributed by atoms with E-state index in [2.05, 4.69) is 39.5 Å². The second-order valence-electron chi connectivity index (χ2n) is 7.71. The number of carbonyl (C=O) groups is 2. The van der Waals surface area contributed by atoms with Gasteiger partial charge in [-0.3, -0.25) is 9.59 Å². The molecule has 1 aromatic heterocycles. The minimum absolute atomic E-state index is 0.0565. The number of hydrogen-bond donors (Lipinski definition) is 2. The van der Waals surface area contributed by atoms with Crippen LogP contribution in [0.25, 0.3) is 21.8 Å². The summed E-state index contributed by atoms with van der Waals surface area (Å²) in [6, 6.07) is 21.1. The van der Waals surface area contributed by atoms with Crippen molar-refractivity contribution in [3.8, 4) is 5.75 Å². The van der Waals surface area contributed by atoms with E-state index in [1.807, 2.05) is 30.3 Å². The molecule has 2 amide bonds. The van der Waals surface area contributed by atoms with Crippen molar-refractivity contribution in [3.05, 3.63) is 72.3 Å². The van der Waals surface area contributed by atoms with Gasteiger partial charge in [-0.1, -0.05) is 30.3 Å². The van der Waals surface area contributed by atoms with E-state index in [1.54, 1.807) is 31.2 Å². The summed E-state index contributed by atoms with van der Waals surface area (Å²) in [5.74, 6) is -0.147. The molecule has 1 heterocycles. The van der Waals surface area contributed by atoms with E-state index in [9.17, 15) is 9.59 Å². The molecule has 0 aliphatic carbocycles. The van der Waals surface area contributed by atoms with Gasteiger partial charge in [-0.2, -0.15) is 5.10 Å². The van der Waals surface area contributed by atoms with E-state index < -0.39 is 5.91 Å². The SMILES string of the molecule is CCn1c2ccccc2c2cc(NC(=O)C/C(C)=N/NC(=O)c3ccccc3OC)ccc21. The van der Waals surface area contributed by atoms with E-state index in [0.29, 0.717) is 17.0 Å². The van der Waals surface area contributed by atoms with Crippen molar-refractivity contribution in [1.29, 1.82) is 0 Å². The molecule has 7 heteroatoms. The molecule has 0 atom stereocenters. The summed E-state index contributed by atoms with van der Waals surface area (Å²) in [5, 5.41) is 9.24. The number of aryl methyl sites for hydroxylation is 1. The average Bonchev–Trinajstić information content (AvgIpc) is 3.15. The van der Waals surface area contributed by atoms with Crippen LogP contribution in [0.5, 0.6) is 5.75 Å². The Morgan fingerprint density at radius 3 is 2.48 bits per heavy atom. The van der Waals surface area contributed by atoms with Gasteiger partial charge >= 0.3 is 0 Å². The lowest BCUT2D eigenvalue weighted by atomic mass is 10.1. The number of methoxy groups -OCH3 is 1. The maximum Gasteiger partial charge on any atom is 0.275 e. The Labute approximate surface area is 192 Å². The number of nitrogens with zero attached hydrogens (tertiary/aromatic N) is 2. The molecular weight excluding hydrogens is 416 g/mol. The fourth-order valence-corrected chi connectivity index (χ4v) is 3.99. The first-order valence-corrected chi connectivity index (χ1v) is 10.8. The van der Waals surface area contributed by atoms with Gasteiger partial charge in [0.05, 0.1) is 19.1 Å². The highest BCUT2D eigenvalue weighted by Crippen LogP contribution is 2.31. The number of benzene rings is 3. The number of anilines is 1. The zero-order valence-electron chi connectivity index (χ0n) is 18.9. The Morgan fingerprint density at radius 1 is 0.970 bits per heavy atom. The molecule has 0 bridgehead atoms. The highest BCUT2D eigenvalue weighted by atomic mass is 16.5. The number of carbonyl (C=O) groups excluding carboxylic acids is 2. The Bertz CT molecular complexity index is 1370. The zero-order valence-corrected chi connectivity index (χ0v) is 18.9. The largest absolute Gasteiger partial charge is 0.496 e. The van der Waals surface area contributed by atoms with Crippen LogP contribution in [0.2, 0.25) is 0 Å². The monoisotopic (exact) mass is 442 g/mol. The average molecular weight is 443 g/mol. The van der Waals surface area contributed by atoms with Gasteiger partial charge in [-0.15, -0.1) is 0 Å². The van der Waals surface area contributed by atoms with Crippen molar-refractivity contribution in [2.24, 2.45) is 5.10 Å². The van der Waals surface area contributed by atoms with Crippen molar-refractivity contribution < 1.29 is 14.3 Å². The summed E-state index contributed by atoms with van der Waals surface area (Å²) in [6.07, 6.45) is 0.0565. The molecule has 0 spiro atoms. The van der Waals surface area contributed by atoms with Gasteiger partial charge in [0.2, 0.25) is 5.91 Å². The van der Waals surface area contributed by atoms with E-state index in [-0.39, 0.29) is 12.3 Å². The van der Waals surface area contributed by atoms with Crippen LogP contribution < -0.4 is 15.5 Å². The van der Waals surface area contributed by atoms with Crippen LogP contribution in [0.4, 0.5) is 5.69 Å². The van der Waals surface area contributed by atoms with Gasteiger partial charge in [-0.25, -0.2) is 5.43 Å². The molecule has 0 radical (unpaired) electrons. The van der Waals surface area contributed by atoms with Crippen LogP contribution in [-0.2, 0) is 11.3 Å². The van der Waals surface area contributed by atoms with Crippen molar-refractivity contribution in [2.45, 2.75) is 26.8 Å². The molecule has 168 valence electrons. The van der Waals surface area contributed by atoms with Gasteiger partial charge in [0.25, 0.3) is 5.91 Å². The van der Waals surface area contributed by atoms with Gasteiger partial charge in [0.1, 0.15) is 5.75 Å². The molecule has 33 heavy (non-hydrogen) atoms. The summed E-state index contributed by atoms with van der Waals surface area (Å²) in [4.78, 5) is 24.9. The molecule has 0 saturated heterocycles. The highest BCUT2D eigenvalue weighted by Gasteiger charge is 2.13.